The van der Waals surface area contributed by atoms with E-state index in [0.717, 1.165) is 17.6 Å². The highest BCUT2D eigenvalue weighted by Gasteiger charge is 2.73. The molecule has 3 heteroatoms. The molecule has 1 saturated carbocycles. The van der Waals surface area contributed by atoms with Crippen molar-refractivity contribution in [1.29, 1.82) is 0 Å². The second kappa shape index (κ2) is 6.12. The van der Waals surface area contributed by atoms with Crippen LogP contribution in [0.2, 0.25) is 0 Å². The zero-order valence-corrected chi connectivity index (χ0v) is 14.8. The van der Waals surface area contributed by atoms with Crippen LogP contribution in [0.4, 0.5) is 0 Å². The van der Waals surface area contributed by atoms with Crippen molar-refractivity contribution in [2.45, 2.75) is 65.1 Å². The quantitative estimate of drug-likeness (QED) is 0.450. The molecule has 1 aliphatic carbocycles. The highest BCUT2D eigenvalue weighted by Crippen LogP contribution is 2.66. The minimum absolute atomic E-state index is 0.0117. The average molecular weight is 316 g/mol. The van der Waals surface area contributed by atoms with Gasteiger partial charge < -0.3 is 9.84 Å². The first kappa shape index (κ1) is 17.7. The Morgan fingerprint density at radius 2 is 1.78 bits per heavy atom. The van der Waals surface area contributed by atoms with Crippen LogP contribution < -0.4 is 0 Å². The van der Waals surface area contributed by atoms with E-state index in [9.17, 15) is 4.79 Å². The Morgan fingerprint density at radius 3 is 2.39 bits per heavy atom. The summed E-state index contributed by atoms with van der Waals surface area (Å²) in [4.78, 5) is 10.6. The van der Waals surface area contributed by atoms with Gasteiger partial charge in [-0.05, 0) is 51.7 Å². The van der Waals surface area contributed by atoms with Gasteiger partial charge in [0.2, 0.25) is 0 Å². The molecule has 1 N–H and O–H groups in total. The monoisotopic (exact) mass is 316 g/mol. The molecule has 1 heterocycles. The molecule has 0 amide bonds. The van der Waals surface area contributed by atoms with E-state index in [4.69, 9.17) is 9.84 Å². The lowest BCUT2D eigenvalue weighted by atomic mass is 9.64. The Morgan fingerprint density at radius 1 is 1.09 bits per heavy atom. The van der Waals surface area contributed by atoms with Crippen molar-refractivity contribution in [3.63, 3.8) is 0 Å². The first-order valence-electron chi connectivity index (χ1n) is 8.28. The molecule has 0 radical (unpaired) electrons. The van der Waals surface area contributed by atoms with Gasteiger partial charge >= 0.3 is 5.97 Å². The molecule has 0 aromatic heterocycles. The Kier molecular flexibility index (Phi) is 4.72. The number of fused-ring (bicyclic) bond motifs is 1. The molecular formula is C20H28O3. The van der Waals surface area contributed by atoms with E-state index in [2.05, 4.69) is 32.9 Å². The number of ether oxygens (including phenoxy) is 1. The maximum atomic E-state index is 10.6. The first-order valence-corrected chi connectivity index (χ1v) is 8.28. The number of hydrogen-bond donors (Lipinski definition) is 1. The molecule has 0 bridgehead atoms. The van der Waals surface area contributed by atoms with E-state index in [-0.39, 0.29) is 16.6 Å². The predicted molar refractivity (Wildman–Crippen MR) is 93.3 cm³/mol. The molecule has 1 aliphatic heterocycles. The number of hydrogen-bond acceptors (Lipinski definition) is 2. The molecule has 0 aromatic rings. The van der Waals surface area contributed by atoms with Gasteiger partial charge in [0.1, 0.15) is 5.60 Å². The van der Waals surface area contributed by atoms with Gasteiger partial charge in [0.15, 0.2) is 0 Å². The predicted octanol–water partition coefficient (Wildman–Crippen LogP) is 4.81. The minimum atomic E-state index is -0.920. The van der Waals surface area contributed by atoms with E-state index >= 15 is 0 Å². The van der Waals surface area contributed by atoms with E-state index < -0.39 is 5.97 Å². The highest BCUT2D eigenvalue weighted by molar-refractivity contribution is 5.81. The molecule has 126 valence electrons. The summed E-state index contributed by atoms with van der Waals surface area (Å²) in [6.45, 7) is 10.6. The normalized spacial score (nSPS) is 34.0. The van der Waals surface area contributed by atoms with Gasteiger partial charge in [-0.3, -0.25) is 0 Å². The van der Waals surface area contributed by atoms with Gasteiger partial charge in [-0.1, -0.05) is 43.7 Å². The van der Waals surface area contributed by atoms with Crippen molar-refractivity contribution in [2.75, 3.05) is 0 Å². The second-order valence-corrected chi connectivity index (χ2v) is 7.64. The Bertz CT molecular complexity index is 606. The minimum Gasteiger partial charge on any atom is -0.478 e. The Hall–Kier alpha value is -1.61. The van der Waals surface area contributed by atoms with Crippen LogP contribution in [0.3, 0.4) is 0 Å². The van der Waals surface area contributed by atoms with Crippen molar-refractivity contribution in [3.8, 4) is 0 Å². The maximum Gasteiger partial charge on any atom is 0.328 e. The van der Waals surface area contributed by atoms with Gasteiger partial charge in [-0.15, -0.1) is 0 Å². The Labute approximate surface area is 139 Å². The van der Waals surface area contributed by atoms with Crippen LogP contribution in [-0.4, -0.2) is 22.3 Å². The van der Waals surface area contributed by atoms with E-state index in [1.807, 2.05) is 19.1 Å². The van der Waals surface area contributed by atoms with Crippen molar-refractivity contribution < 1.29 is 14.6 Å². The second-order valence-electron chi connectivity index (χ2n) is 7.64. The zero-order valence-electron chi connectivity index (χ0n) is 14.8. The highest BCUT2D eigenvalue weighted by atomic mass is 16.6. The molecule has 2 atom stereocenters. The average Bonchev–Trinajstić information content (AvgIpc) is 3.03. The summed E-state index contributed by atoms with van der Waals surface area (Å²) in [5, 5.41) is 8.68. The van der Waals surface area contributed by atoms with E-state index in [0.29, 0.717) is 0 Å². The molecule has 3 nitrogen and oxygen atoms in total. The van der Waals surface area contributed by atoms with Crippen LogP contribution >= 0.6 is 0 Å². The summed E-state index contributed by atoms with van der Waals surface area (Å²) in [6, 6.07) is 0. The number of allylic oxidation sites excluding steroid dienone is 6. The summed E-state index contributed by atoms with van der Waals surface area (Å²) in [7, 11) is 0. The zero-order chi connectivity index (χ0) is 17.3. The molecule has 0 spiro atoms. The van der Waals surface area contributed by atoms with Crippen LogP contribution in [0, 0.1) is 5.41 Å². The molecule has 2 fully saturated rings. The summed E-state index contributed by atoms with van der Waals surface area (Å²) in [5.41, 5.74) is 1.85. The number of carboxylic acid groups (broad SMARTS) is 1. The molecule has 2 rings (SSSR count). The molecule has 0 unspecified atom stereocenters. The lowest BCUT2D eigenvalue weighted by Crippen LogP contribution is -2.41. The van der Waals surface area contributed by atoms with Crippen LogP contribution in [-0.2, 0) is 9.53 Å². The van der Waals surface area contributed by atoms with Crippen LogP contribution in [0.1, 0.15) is 53.9 Å². The summed E-state index contributed by atoms with van der Waals surface area (Å²) < 4.78 is 6.20. The summed E-state index contributed by atoms with van der Waals surface area (Å²) in [6.07, 6.45) is 14.8. The van der Waals surface area contributed by atoms with Gasteiger partial charge in [0.25, 0.3) is 0 Å². The molecule has 2 aliphatic rings. The van der Waals surface area contributed by atoms with Crippen LogP contribution in [0.15, 0.2) is 47.6 Å². The topological polar surface area (TPSA) is 49.8 Å². The summed E-state index contributed by atoms with van der Waals surface area (Å²) >= 11 is 0. The van der Waals surface area contributed by atoms with Gasteiger partial charge in [-0.2, -0.15) is 0 Å². The van der Waals surface area contributed by atoms with E-state index in [1.54, 1.807) is 13.0 Å². The lowest BCUT2D eigenvalue weighted by molar-refractivity contribution is -0.131. The van der Waals surface area contributed by atoms with Crippen molar-refractivity contribution in [2.24, 2.45) is 5.41 Å². The maximum absolute atomic E-state index is 10.6. The number of carboxylic acids is 1. The smallest absolute Gasteiger partial charge is 0.328 e. The number of carbonyl (C=O) groups is 1. The third-order valence-electron chi connectivity index (χ3n) is 5.24. The van der Waals surface area contributed by atoms with Crippen molar-refractivity contribution in [1.82, 2.24) is 0 Å². The van der Waals surface area contributed by atoms with Gasteiger partial charge in [0.05, 0.1) is 5.60 Å². The number of epoxide rings is 1. The van der Waals surface area contributed by atoms with Crippen LogP contribution in [0.5, 0.6) is 0 Å². The van der Waals surface area contributed by atoms with Crippen molar-refractivity contribution >= 4 is 5.97 Å². The Balaban J connectivity index is 2.07. The molecule has 1 saturated heterocycles. The van der Waals surface area contributed by atoms with Crippen LogP contribution in [0.25, 0.3) is 0 Å². The molecular weight excluding hydrogens is 288 g/mol. The summed E-state index contributed by atoms with van der Waals surface area (Å²) in [5.74, 6) is -0.920. The van der Waals surface area contributed by atoms with Gasteiger partial charge in [-0.25, -0.2) is 4.79 Å². The standard InChI is InChI=1S/C20H28O3/c1-15(8-6-9-16(2)14-17(21)22)10-13-20-18(3,4)11-7-12-19(20,5)23-20/h6,8-10,13-14H,7,11-12H2,1-5H3,(H,21,22)/b9-6+,13-10+,15-8+,16-14-/t19-,20-/m0/s1. The number of aliphatic carboxylic acids is 1. The number of rotatable bonds is 5. The third-order valence-corrected chi connectivity index (χ3v) is 5.24. The fraction of sp³-hybridized carbons (Fsp3) is 0.550. The first-order chi connectivity index (χ1) is 10.6. The SMILES string of the molecule is CC(=C/C(=O)O)/C=C/C=C(C)/C=C/[C@@]12O[C@@]1(C)CCCC2(C)C. The van der Waals surface area contributed by atoms with E-state index in [1.165, 1.54) is 18.9 Å². The lowest BCUT2D eigenvalue weighted by Gasteiger charge is -2.36. The third kappa shape index (κ3) is 3.50. The van der Waals surface area contributed by atoms with Crippen molar-refractivity contribution in [3.05, 3.63) is 47.6 Å². The fourth-order valence-corrected chi connectivity index (χ4v) is 3.81. The molecule has 0 aromatic carbocycles. The van der Waals surface area contributed by atoms with Gasteiger partial charge in [0, 0.05) is 11.5 Å². The largest absolute Gasteiger partial charge is 0.478 e. The molecule has 23 heavy (non-hydrogen) atoms. The fourth-order valence-electron chi connectivity index (χ4n) is 3.81.